The Morgan fingerprint density at radius 2 is 1.88 bits per heavy atom. The first-order valence-electron chi connectivity index (χ1n) is 7.56. The van der Waals surface area contributed by atoms with Gasteiger partial charge in [-0.1, -0.05) is 23.7 Å². The van der Waals surface area contributed by atoms with Crippen molar-refractivity contribution in [3.63, 3.8) is 0 Å². The molecule has 2 rings (SSSR count). The van der Waals surface area contributed by atoms with Crippen LogP contribution in [0.15, 0.2) is 48.5 Å². The smallest absolute Gasteiger partial charge is 0.411 e. The number of rotatable bonds is 6. The Morgan fingerprint density at radius 1 is 1.12 bits per heavy atom. The molecule has 0 fully saturated rings. The average molecular weight is 348 g/mol. The molecule has 6 heteroatoms. The minimum absolute atomic E-state index is 0.253. The van der Waals surface area contributed by atoms with Crippen molar-refractivity contribution >= 4 is 29.4 Å². The van der Waals surface area contributed by atoms with E-state index in [1.54, 1.807) is 37.3 Å². The van der Waals surface area contributed by atoms with E-state index in [-0.39, 0.29) is 12.4 Å². The molecule has 0 aliphatic rings. The molecule has 0 radical (unpaired) electrons. The van der Waals surface area contributed by atoms with Crippen molar-refractivity contribution < 1.29 is 19.1 Å². The predicted molar refractivity (Wildman–Crippen MR) is 92.5 cm³/mol. The molecule has 24 heavy (non-hydrogen) atoms. The highest BCUT2D eigenvalue weighted by Gasteiger charge is 2.07. The Labute approximate surface area is 145 Å². The first kappa shape index (κ1) is 17.8. The Kier molecular flexibility index (Phi) is 6.63. The van der Waals surface area contributed by atoms with Crippen LogP contribution in [0.1, 0.15) is 18.9 Å². The molecule has 0 atom stereocenters. The van der Waals surface area contributed by atoms with Crippen LogP contribution in [0.2, 0.25) is 5.02 Å². The van der Waals surface area contributed by atoms with E-state index >= 15 is 0 Å². The molecule has 0 aliphatic carbocycles. The zero-order valence-corrected chi connectivity index (χ0v) is 14.0. The number of benzene rings is 2. The summed E-state index contributed by atoms with van der Waals surface area (Å²) in [6.07, 6.45) is 0.286. The van der Waals surface area contributed by atoms with E-state index in [4.69, 9.17) is 21.1 Å². The highest BCUT2D eigenvalue weighted by Crippen LogP contribution is 2.17. The van der Waals surface area contributed by atoms with Crippen LogP contribution in [-0.2, 0) is 16.0 Å². The summed E-state index contributed by atoms with van der Waals surface area (Å²) in [5.41, 5.74) is 1.54. The van der Waals surface area contributed by atoms with E-state index in [2.05, 4.69) is 5.32 Å². The third-order valence-electron chi connectivity index (χ3n) is 3.11. The number of nitrogens with one attached hydrogen (secondary N) is 1. The van der Waals surface area contributed by atoms with Gasteiger partial charge in [-0.2, -0.15) is 0 Å². The third-order valence-corrected chi connectivity index (χ3v) is 3.35. The van der Waals surface area contributed by atoms with Crippen molar-refractivity contribution in [2.45, 2.75) is 19.8 Å². The first-order chi connectivity index (χ1) is 11.6. The fourth-order valence-corrected chi connectivity index (χ4v) is 2.23. The quantitative estimate of drug-likeness (QED) is 0.619. The van der Waals surface area contributed by atoms with Gasteiger partial charge in [0.05, 0.1) is 6.61 Å². The number of carbonyl (C=O) groups excluding carboxylic acids is 2. The van der Waals surface area contributed by atoms with Gasteiger partial charge in [-0.05, 0) is 55.3 Å². The molecule has 2 aromatic rings. The van der Waals surface area contributed by atoms with Crippen molar-refractivity contribution in [3.8, 4) is 5.75 Å². The fraction of sp³-hybridized carbons (Fsp3) is 0.222. The van der Waals surface area contributed by atoms with Gasteiger partial charge in [-0.25, -0.2) is 4.79 Å². The van der Waals surface area contributed by atoms with E-state index in [1.165, 1.54) is 0 Å². The monoisotopic (exact) mass is 347 g/mol. The summed E-state index contributed by atoms with van der Waals surface area (Å²) < 4.78 is 10.0. The van der Waals surface area contributed by atoms with E-state index in [0.29, 0.717) is 29.5 Å². The number of anilines is 1. The molecule has 2 aromatic carbocycles. The van der Waals surface area contributed by atoms with Crippen LogP contribution in [0.25, 0.3) is 0 Å². The van der Waals surface area contributed by atoms with E-state index < -0.39 is 6.09 Å². The Bertz CT molecular complexity index is 700. The minimum Gasteiger partial charge on any atom is -0.450 e. The second kappa shape index (κ2) is 8.93. The highest BCUT2D eigenvalue weighted by molar-refractivity contribution is 6.30. The van der Waals surface area contributed by atoms with Gasteiger partial charge in [-0.15, -0.1) is 0 Å². The molecule has 5 nitrogen and oxygen atoms in total. The van der Waals surface area contributed by atoms with Gasteiger partial charge in [0.25, 0.3) is 0 Å². The van der Waals surface area contributed by atoms with Crippen molar-refractivity contribution in [1.29, 1.82) is 0 Å². The second-order valence-corrected chi connectivity index (χ2v) is 5.41. The zero-order valence-electron chi connectivity index (χ0n) is 13.3. The predicted octanol–water partition coefficient (Wildman–Crippen LogP) is 4.45. The molecule has 1 N–H and O–H groups in total. The zero-order chi connectivity index (χ0) is 17.4. The average Bonchev–Trinajstić information content (AvgIpc) is 2.55. The molecule has 0 aromatic heterocycles. The number of amides is 1. The van der Waals surface area contributed by atoms with Gasteiger partial charge in [0, 0.05) is 17.1 Å². The maximum atomic E-state index is 11.9. The van der Waals surface area contributed by atoms with Crippen LogP contribution in [0.5, 0.6) is 5.75 Å². The number of aryl methyl sites for hydroxylation is 1. The van der Waals surface area contributed by atoms with Crippen LogP contribution in [0, 0.1) is 0 Å². The second-order valence-electron chi connectivity index (χ2n) is 4.97. The Balaban J connectivity index is 1.82. The number of hydrogen-bond acceptors (Lipinski definition) is 4. The molecule has 0 heterocycles. The van der Waals surface area contributed by atoms with Crippen molar-refractivity contribution in [1.82, 2.24) is 0 Å². The van der Waals surface area contributed by atoms with E-state index in [9.17, 15) is 9.59 Å². The van der Waals surface area contributed by atoms with Crippen molar-refractivity contribution in [3.05, 3.63) is 59.1 Å². The lowest BCUT2D eigenvalue weighted by molar-refractivity contribution is -0.134. The van der Waals surface area contributed by atoms with Crippen molar-refractivity contribution in [2.24, 2.45) is 0 Å². The lowest BCUT2D eigenvalue weighted by Crippen LogP contribution is -2.13. The fourth-order valence-electron chi connectivity index (χ4n) is 2.01. The maximum Gasteiger partial charge on any atom is 0.411 e. The summed E-state index contributed by atoms with van der Waals surface area (Å²) in [5, 5.41) is 3.21. The van der Waals surface area contributed by atoms with Crippen LogP contribution < -0.4 is 10.1 Å². The molecule has 0 unspecified atom stereocenters. The van der Waals surface area contributed by atoms with Gasteiger partial charge in [0.15, 0.2) is 0 Å². The largest absolute Gasteiger partial charge is 0.450 e. The Hall–Kier alpha value is -2.53. The number of hydrogen-bond donors (Lipinski definition) is 1. The summed E-state index contributed by atoms with van der Waals surface area (Å²) >= 11 is 5.91. The third kappa shape index (κ3) is 5.93. The number of ether oxygens (including phenoxy) is 2. The maximum absolute atomic E-state index is 11.9. The van der Waals surface area contributed by atoms with Crippen LogP contribution >= 0.6 is 11.6 Å². The van der Waals surface area contributed by atoms with E-state index in [0.717, 1.165) is 5.56 Å². The normalized spacial score (nSPS) is 10.1. The topological polar surface area (TPSA) is 64.6 Å². The van der Waals surface area contributed by atoms with Gasteiger partial charge < -0.3 is 9.47 Å². The summed E-state index contributed by atoms with van der Waals surface area (Å²) in [7, 11) is 0. The first-order valence-corrected chi connectivity index (χ1v) is 7.93. The van der Waals surface area contributed by atoms with Gasteiger partial charge in [0.1, 0.15) is 5.75 Å². The van der Waals surface area contributed by atoms with Crippen molar-refractivity contribution in [2.75, 3.05) is 11.9 Å². The van der Waals surface area contributed by atoms with Gasteiger partial charge in [0.2, 0.25) is 0 Å². The lowest BCUT2D eigenvalue weighted by atomic mass is 10.1. The van der Waals surface area contributed by atoms with Crippen LogP contribution in [0.4, 0.5) is 10.5 Å². The Morgan fingerprint density at radius 3 is 2.54 bits per heavy atom. The van der Waals surface area contributed by atoms with Crippen LogP contribution in [0.3, 0.4) is 0 Å². The molecule has 0 saturated heterocycles. The number of halogens is 1. The molecule has 126 valence electrons. The molecule has 0 spiro atoms. The van der Waals surface area contributed by atoms with E-state index in [1.807, 2.05) is 18.2 Å². The molecule has 1 amide bonds. The molecular formula is C18H18ClNO4. The molecule has 0 saturated carbocycles. The number of esters is 1. The molecule has 0 aliphatic heterocycles. The standard InChI is InChI=1S/C18H18ClNO4/c1-2-23-18(22)20-15-7-9-16(10-8-15)24-17(21)11-6-13-4-3-5-14(19)12-13/h3-5,7-10,12H,2,6,11H2,1H3,(H,20,22). The minimum atomic E-state index is -0.524. The van der Waals surface area contributed by atoms with Gasteiger partial charge in [-0.3, -0.25) is 10.1 Å². The highest BCUT2D eigenvalue weighted by atomic mass is 35.5. The molecule has 0 bridgehead atoms. The molecular weight excluding hydrogens is 330 g/mol. The number of carbonyl (C=O) groups is 2. The van der Waals surface area contributed by atoms with Gasteiger partial charge >= 0.3 is 12.1 Å². The summed E-state index contributed by atoms with van der Waals surface area (Å²) in [6, 6.07) is 13.9. The summed E-state index contributed by atoms with van der Waals surface area (Å²) in [6.45, 7) is 2.03. The summed E-state index contributed by atoms with van der Waals surface area (Å²) in [4.78, 5) is 23.2. The SMILES string of the molecule is CCOC(=O)Nc1ccc(OC(=O)CCc2cccc(Cl)c2)cc1. The summed E-state index contributed by atoms with van der Waals surface area (Å²) in [5.74, 6) is 0.0848. The van der Waals surface area contributed by atoms with Crippen LogP contribution in [-0.4, -0.2) is 18.7 Å². The lowest BCUT2D eigenvalue weighted by Gasteiger charge is -2.07.